The smallest absolute Gasteiger partial charge is 0.298 e. The van der Waals surface area contributed by atoms with Crippen LogP contribution in [0.25, 0.3) is 0 Å². The van der Waals surface area contributed by atoms with E-state index in [4.69, 9.17) is 0 Å². The Morgan fingerprint density at radius 1 is 1.06 bits per heavy atom. The third-order valence-electron chi connectivity index (χ3n) is 5.85. The standard InChI is InChI=1S/C24H27F3N4/c1-2-31-16-20(14-29-31)15-30-10-4-6-21(17-30)23-9-8-19(13-28-23)11-18-5-3-7-22(12-18)24(25,26)27/h3,5,7-9,12-14,16,21H,2,4,6,10-11,15,17H2,1H3/t21-/m1/s1. The van der Waals surface area contributed by atoms with Gasteiger partial charge in [0.15, 0.2) is 0 Å². The first-order valence-corrected chi connectivity index (χ1v) is 10.8. The maximum atomic E-state index is 12.9. The molecule has 0 radical (unpaired) electrons. The summed E-state index contributed by atoms with van der Waals surface area (Å²) in [5.41, 5.74) is 3.23. The Balaban J connectivity index is 1.38. The molecule has 0 unspecified atom stereocenters. The van der Waals surface area contributed by atoms with Crippen molar-refractivity contribution in [3.05, 3.63) is 82.9 Å². The number of likely N-dealkylation sites (tertiary alicyclic amines) is 1. The van der Waals surface area contributed by atoms with Crippen LogP contribution in [0.3, 0.4) is 0 Å². The zero-order valence-corrected chi connectivity index (χ0v) is 17.6. The summed E-state index contributed by atoms with van der Waals surface area (Å²) in [6.45, 7) is 5.87. The van der Waals surface area contributed by atoms with Crippen LogP contribution in [-0.4, -0.2) is 32.8 Å². The van der Waals surface area contributed by atoms with Crippen LogP contribution in [0.4, 0.5) is 13.2 Å². The third kappa shape index (κ3) is 5.53. The van der Waals surface area contributed by atoms with Gasteiger partial charge in [0.2, 0.25) is 0 Å². The molecular weight excluding hydrogens is 401 g/mol. The highest BCUT2D eigenvalue weighted by molar-refractivity contribution is 5.30. The molecule has 7 heteroatoms. The van der Waals surface area contributed by atoms with Gasteiger partial charge < -0.3 is 0 Å². The second-order valence-corrected chi connectivity index (χ2v) is 8.24. The van der Waals surface area contributed by atoms with Crippen molar-refractivity contribution in [2.75, 3.05) is 13.1 Å². The normalized spacial score (nSPS) is 17.7. The summed E-state index contributed by atoms with van der Waals surface area (Å²) in [5, 5.41) is 4.36. The monoisotopic (exact) mass is 428 g/mol. The highest BCUT2D eigenvalue weighted by atomic mass is 19.4. The molecule has 31 heavy (non-hydrogen) atoms. The summed E-state index contributed by atoms with van der Waals surface area (Å²) in [4.78, 5) is 7.11. The van der Waals surface area contributed by atoms with Crippen LogP contribution in [0.2, 0.25) is 0 Å². The molecule has 4 rings (SSSR count). The minimum atomic E-state index is -4.32. The number of hydrogen-bond donors (Lipinski definition) is 0. The molecule has 0 aliphatic carbocycles. The molecule has 4 nitrogen and oxygen atoms in total. The minimum absolute atomic E-state index is 0.373. The van der Waals surface area contributed by atoms with Crippen molar-refractivity contribution in [3.8, 4) is 0 Å². The van der Waals surface area contributed by atoms with Gasteiger partial charge in [0.25, 0.3) is 0 Å². The molecule has 164 valence electrons. The molecule has 1 aliphatic rings. The number of halogens is 3. The average Bonchev–Trinajstić information content (AvgIpc) is 3.22. The molecule has 0 saturated carbocycles. The zero-order valence-electron chi connectivity index (χ0n) is 17.6. The lowest BCUT2D eigenvalue weighted by molar-refractivity contribution is -0.137. The Labute approximate surface area is 180 Å². The maximum absolute atomic E-state index is 12.9. The topological polar surface area (TPSA) is 34.0 Å². The number of alkyl halides is 3. The van der Waals surface area contributed by atoms with Crippen LogP contribution in [0.15, 0.2) is 55.0 Å². The third-order valence-corrected chi connectivity index (χ3v) is 5.85. The van der Waals surface area contributed by atoms with Crippen LogP contribution in [-0.2, 0) is 25.7 Å². The number of piperidine rings is 1. The lowest BCUT2D eigenvalue weighted by Crippen LogP contribution is -2.34. The summed E-state index contributed by atoms with van der Waals surface area (Å²) in [6.07, 6.45) is 4.19. The van der Waals surface area contributed by atoms with Gasteiger partial charge in [0.05, 0.1) is 11.8 Å². The van der Waals surface area contributed by atoms with Crippen molar-refractivity contribution in [3.63, 3.8) is 0 Å². The number of aryl methyl sites for hydroxylation is 1. The second kappa shape index (κ2) is 9.22. The van der Waals surface area contributed by atoms with Gasteiger partial charge in [-0.25, -0.2) is 0 Å². The predicted octanol–water partition coefficient (Wildman–Crippen LogP) is 5.29. The number of rotatable bonds is 6. The Morgan fingerprint density at radius 3 is 2.65 bits per heavy atom. The van der Waals surface area contributed by atoms with Crippen molar-refractivity contribution >= 4 is 0 Å². The number of hydrogen-bond acceptors (Lipinski definition) is 3. The Kier molecular flexibility index (Phi) is 6.41. The van der Waals surface area contributed by atoms with E-state index in [1.54, 1.807) is 12.3 Å². The van der Waals surface area contributed by atoms with Crippen LogP contribution < -0.4 is 0 Å². The van der Waals surface area contributed by atoms with Gasteiger partial charge in [-0.1, -0.05) is 24.3 Å². The molecule has 1 aromatic carbocycles. The quantitative estimate of drug-likeness (QED) is 0.535. The first kappa shape index (κ1) is 21.6. The van der Waals surface area contributed by atoms with Gasteiger partial charge in [0.1, 0.15) is 0 Å². The van der Waals surface area contributed by atoms with Crippen LogP contribution in [0, 0.1) is 0 Å². The van der Waals surface area contributed by atoms with E-state index < -0.39 is 11.7 Å². The summed E-state index contributed by atoms with van der Waals surface area (Å²) in [7, 11) is 0. The first-order valence-electron chi connectivity index (χ1n) is 10.8. The largest absolute Gasteiger partial charge is 0.416 e. The van der Waals surface area contributed by atoms with Gasteiger partial charge in [-0.05, 0) is 56.0 Å². The maximum Gasteiger partial charge on any atom is 0.416 e. The van der Waals surface area contributed by atoms with E-state index in [0.717, 1.165) is 56.3 Å². The van der Waals surface area contributed by atoms with E-state index in [0.29, 0.717) is 17.9 Å². The zero-order chi connectivity index (χ0) is 21.8. The highest BCUT2D eigenvalue weighted by Gasteiger charge is 2.30. The lowest BCUT2D eigenvalue weighted by Gasteiger charge is -2.32. The molecule has 0 spiro atoms. The molecule has 0 bridgehead atoms. The fourth-order valence-corrected chi connectivity index (χ4v) is 4.24. The molecule has 1 saturated heterocycles. The Bertz CT molecular complexity index is 995. The van der Waals surface area contributed by atoms with Gasteiger partial charge in [-0.15, -0.1) is 0 Å². The van der Waals surface area contributed by atoms with Crippen LogP contribution >= 0.6 is 0 Å². The van der Waals surface area contributed by atoms with E-state index in [1.807, 2.05) is 23.0 Å². The van der Waals surface area contributed by atoms with E-state index in [1.165, 1.54) is 17.7 Å². The van der Waals surface area contributed by atoms with E-state index in [2.05, 4.69) is 28.1 Å². The molecule has 0 amide bonds. The number of benzene rings is 1. The van der Waals surface area contributed by atoms with Crippen molar-refractivity contribution in [1.82, 2.24) is 19.7 Å². The number of pyridine rings is 1. The fourth-order valence-electron chi connectivity index (χ4n) is 4.24. The fraction of sp³-hybridized carbons (Fsp3) is 0.417. The van der Waals surface area contributed by atoms with Crippen molar-refractivity contribution in [2.45, 2.75) is 51.4 Å². The molecule has 3 heterocycles. The van der Waals surface area contributed by atoms with Gasteiger partial charge >= 0.3 is 6.18 Å². The summed E-state index contributed by atoms with van der Waals surface area (Å²) < 4.78 is 40.7. The van der Waals surface area contributed by atoms with Crippen molar-refractivity contribution < 1.29 is 13.2 Å². The highest BCUT2D eigenvalue weighted by Crippen LogP contribution is 2.30. The molecular formula is C24H27F3N4. The summed E-state index contributed by atoms with van der Waals surface area (Å²) in [6, 6.07) is 9.53. The summed E-state index contributed by atoms with van der Waals surface area (Å²) in [5.74, 6) is 0.373. The average molecular weight is 429 g/mol. The molecule has 0 N–H and O–H groups in total. The van der Waals surface area contributed by atoms with Crippen LogP contribution in [0.1, 0.15) is 53.6 Å². The second-order valence-electron chi connectivity index (χ2n) is 8.24. The van der Waals surface area contributed by atoms with Crippen molar-refractivity contribution in [2.24, 2.45) is 0 Å². The minimum Gasteiger partial charge on any atom is -0.298 e. The molecule has 1 atom stereocenters. The van der Waals surface area contributed by atoms with Gasteiger partial charge in [-0.2, -0.15) is 18.3 Å². The summed E-state index contributed by atoms with van der Waals surface area (Å²) >= 11 is 0. The van der Waals surface area contributed by atoms with Crippen LogP contribution in [0.5, 0.6) is 0 Å². The van der Waals surface area contributed by atoms with E-state index >= 15 is 0 Å². The first-order chi connectivity index (χ1) is 14.9. The van der Waals surface area contributed by atoms with Crippen molar-refractivity contribution in [1.29, 1.82) is 0 Å². The molecule has 1 aliphatic heterocycles. The Hall–Kier alpha value is -2.67. The predicted molar refractivity (Wildman–Crippen MR) is 114 cm³/mol. The van der Waals surface area contributed by atoms with Gasteiger partial charge in [-0.3, -0.25) is 14.6 Å². The molecule has 3 aromatic rings. The SMILES string of the molecule is CCn1cc(CN2CCC[C@@H](c3ccc(Cc4cccc(C(F)(F)F)c4)cn3)C2)cn1. The lowest BCUT2D eigenvalue weighted by atomic mass is 9.93. The number of aromatic nitrogens is 3. The Morgan fingerprint density at radius 2 is 1.94 bits per heavy atom. The van der Waals surface area contributed by atoms with E-state index in [-0.39, 0.29) is 0 Å². The molecule has 2 aromatic heterocycles. The van der Waals surface area contributed by atoms with E-state index in [9.17, 15) is 13.2 Å². The molecule has 1 fully saturated rings. The van der Waals surface area contributed by atoms with Gasteiger partial charge in [0, 0.05) is 49.2 Å². The number of nitrogens with zero attached hydrogens (tertiary/aromatic N) is 4.